The maximum Gasteiger partial charge on any atom is 0.266 e. The molecule has 0 bridgehead atoms. The Balaban J connectivity index is 3.45. The van der Waals surface area contributed by atoms with Gasteiger partial charge in [-0.25, -0.2) is 18.2 Å². The molecule has 0 aromatic carbocycles. The molecule has 7 heteroatoms. The fraction of sp³-hybridized carbons (Fsp3) is 0.143. The molecule has 1 aromatic rings. The monoisotopic (exact) mass is 205 g/mol. The van der Waals surface area contributed by atoms with Gasteiger partial charge in [0.1, 0.15) is 0 Å². The zero-order valence-corrected chi connectivity index (χ0v) is 6.80. The first-order valence-electron chi connectivity index (χ1n) is 3.47. The molecule has 1 rings (SSSR count). The number of carbonyl (C=O) groups is 1. The van der Waals surface area contributed by atoms with Gasteiger partial charge in [0, 0.05) is 6.20 Å². The van der Waals surface area contributed by atoms with Crippen LogP contribution >= 0.6 is 0 Å². The van der Waals surface area contributed by atoms with E-state index in [0.717, 1.165) is 0 Å². The van der Waals surface area contributed by atoms with Crippen molar-refractivity contribution in [3.8, 4) is 0 Å². The van der Waals surface area contributed by atoms with E-state index in [2.05, 4.69) is 4.98 Å². The van der Waals surface area contributed by atoms with Gasteiger partial charge in [0.25, 0.3) is 12.3 Å². The third-order valence-electron chi connectivity index (χ3n) is 1.56. The summed E-state index contributed by atoms with van der Waals surface area (Å²) in [6.45, 7) is 0. The molecule has 1 heterocycles. The summed E-state index contributed by atoms with van der Waals surface area (Å²) in [5.74, 6) is -3.24. The van der Waals surface area contributed by atoms with Crippen LogP contribution in [0.15, 0.2) is 6.20 Å². The Hall–Kier alpha value is -1.79. The van der Waals surface area contributed by atoms with Gasteiger partial charge in [0.2, 0.25) is 0 Å². The van der Waals surface area contributed by atoms with Crippen molar-refractivity contribution in [3.05, 3.63) is 23.1 Å². The number of primary amides is 1. The Labute approximate surface area is 76.7 Å². The molecule has 0 fully saturated rings. The Morgan fingerprint density at radius 2 is 2.07 bits per heavy atom. The molecule has 4 N–H and O–H groups in total. The highest BCUT2D eigenvalue weighted by Gasteiger charge is 2.23. The SMILES string of the molecule is NC(=O)c1c(C(F)F)cnc(N)c1F. The Morgan fingerprint density at radius 1 is 1.50 bits per heavy atom. The van der Waals surface area contributed by atoms with Crippen molar-refractivity contribution in [3.63, 3.8) is 0 Å². The molecule has 1 aromatic heterocycles. The van der Waals surface area contributed by atoms with Gasteiger partial charge in [0.05, 0.1) is 11.1 Å². The van der Waals surface area contributed by atoms with Gasteiger partial charge in [-0.15, -0.1) is 0 Å². The molecule has 0 aliphatic heterocycles. The molecular weight excluding hydrogens is 199 g/mol. The highest BCUT2D eigenvalue weighted by molar-refractivity contribution is 5.95. The number of halogens is 3. The number of hydrogen-bond donors (Lipinski definition) is 2. The maximum absolute atomic E-state index is 13.1. The fourth-order valence-corrected chi connectivity index (χ4v) is 0.931. The smallest absolute Gasteiger partial charge is 0.266 e. The van der Waals surface area contributed by atoms with Crippen LogP contribution in [0.2, 0.25) is 0 Å². The number of anilines is 1. The first-order chi connectivity index (χ1) is 6.45. The third-order valence-corrected chi connectivity index (χ3v) is 1.56. The number of aromatic nitrogens is 1. The summed E-state index contributed by atoms with van der Waals surface area (Å²) >= 11 is 0. The molecule has 0 atom stereocenters. The molecule has 0 aliphatic carbocycles. The molecule has 4 nitrogen and oxygen atoms in total. The van der Waals surface area contributed by atoms with E-state index in [0.29, 0.717) is 6.20 Å². The van der Waals surface area contributed by atoms with Gasteiger partial charge in [0.15, 0.2) is 11.6 Å². The van der Waals surface area contributed by atoms with Crippen molar-refractivity contribution >= 4 is 11.7 Å². The number of nitrogens with two attached hydrogens (primary N) is 2. The van der Waals surface area contributed by atoms with Crippen LogP contribution in [0.5, 0.6) is 0 Å². The number of hydrogen-bond acceptors (Lipinski definition) is 3. The minimum Gasteiger partial charge on any atom is -0.381 e. The highest BCUT2D eigenvalue weighted by atomic mass is 19.3. The van der Waals surface area contributed by atoms with E-state index in [1.807, 2.05) is 0 Å². The lowest BCUT2D eigenvalue weighted by molar-refractivity contribution is 0.0980. The zero-order valence-electron chi connectivity index (χ0n) is 6.80. The molecule has 1 amide bonds. The fourth-order valence-electron chi connectivity index (χ4n) is 0.931. The van der Waals surface area contributed by atoms with E-state index < -0.39 is 35.1 Å². The molecule has 0 unspecified atom stereocenters. The minimum absolute atomic E-state index is 0.628. The molecule has 0 saturated carbocycles. The Bertz CT molecular complexity index is 381. The van der Waals surface area contributed by atoms with Gasteiger partial charge in [-0.2, -0.15) is 0 Å². The van der Waals surface area contributed by atoms with Gasteiger partial charge < -0.3 is 11.5 Å². The van der Waals surface area contributed by atoms with Crippen LogP contribution in [0.4, 0.5) is 19.0 Å². The van der Waals surface area contributed by atoms with E-state index in [1.54, 1.807) is 0 Å². The number of amides is 1. The summed E-state index contributed by atoms with van der Waals surface area (Å²) in [6.07, 6.45) is -2.40. The summed E-state index contributed by atoms with van der Waals surface area (Å²) in [4.78, 5) is 13.8. The largest absolute Gasteiger partial charge is 0.381 e. The molecule has 14 heavy (non-hydrogen) atoms. The molecule has 0 aliphatic rings. The lowest BCUT2D eigenvalue weighted by atomic mass is 10.1. The Kier molecular flexibility index (Phi) is 2.59. The van der Waals surface area contributed by atoms with Crippen molar-refractivity contribution in [2.24, 2.45) is 5.73 Å². The van der Waals surface area contributed by atoms with Crippen LogP contribution in [0.3, 0.4) is 0 Å². The highest BCUT2D eigenvalue weighted by Crippen LogP contribution is 2.25. The van der Waals surface area contributed by atoms with Gasteiger partial charge in [-0.1, -0.05) is 0 Å². The lowest BCUT2D eigenvalue weighted by Crippen LogP contribution is -2.18. The second-order valence-electron chi connectivity index (χ2n) is 2.45. The van der Waals surface area contributed by atoms with E-state index >= 15 is 0 Å². The normalized spacial score (nSPS) is 10.6. The van der Waals surface area contributed by atoms with E-state index in [4.69, 9.17) is 11.5 Å². The van der Waals surface area contributed by atoms with Crippen LogP contribution in [-0.2, 0) is 0 Å². The molecule has 0 saturated heterocycles. The maximum atomic E-state index is 13.1. The van der Waals surface area contributed by atoms with Crippen molar-refractivity contribution in [1.82, 2.24) is 4.98 Å². The number of nitrogen functional groups attached to an aromatic ring is 1. The zero-order chi connectivity index (χ0) is 10.9. The number of pyridine rings is 1. The summed E-state index contributed by atoms with van der Waals surface area (Å²) in [5, 5.41) is 0. The standard InChI is InChI=1S/C7H6F3N3O/c8-4-3(7(12)14)2(5(9)10)1-13-6(4)11/h1,5H,(H2,11,13)(H2,12,14). The molecule has 0 radical (unpaired) electrons. The van der Waals surface area contributed by atoms with Crippen molar-refractivity contribution in [1.29, 1.82) is 0 Å². The number of rotatable bonds is 2. The average molecular weight is 205 g/mol. The number of carbonyl (C=O) groups excluding carboxylic acids is 1. The topological polar surface area (TPSA) is 82.0 Å². The third kappa shape index (κ3) is 1.61. The molecule has 76 valence electrons. The summed E-state index contributed by atoms with van der Waals surface area (Å²) in [6, 6.07) is 0. The van der Waals surface area contributed by atoms with Gasteiger partial charge in [-0.05, 0) is 0 Å². The Morgan fingerprint density at radius 3 is 2.50 bits per heavy atom. The van der Waals surface area contributed by atoms with Crippen molar-refractivity contribution < 1.29 is 18.0 Å². The summed E-state index contributed by atoms with van der Waals surface area (Å²) in [5.41, 5.74) is 7.95. The van der Waals surface area contributed by atoms with Crippen molar-refractivity contribution in [2.75, 3.05) is 5.73 Å². The van der Waals surface area contributed by atoms with Gasteiger partial charge in [-0.3, -0.25) is 4.79 Å². The second-order valence-corrected chi connectivity index (χ2v) is 2.45. The first kappa shape index (κ1) is 10.3. The average Bonchev–Trinajstić information content (AvgIpc) is 2.08. The van der Waals surface area contributed by atoms with E-state index in [1.165, 1.54) is 0 Å². The van der Waals surface area contributed by atoms with Gasteiger partial charge >= 0.3 is 0 Å². The second kappa shape index (κ2) is 3.52. The van der Waals surface area contributed by atoms with E-state index in [9.17, 15) is 18.0 Å². The van der Waals surface area contributed by atoms with Crippen LogP contribution in [0, 0.1) is 5.82 Å². The van der Waals surface area contributed by atoms with E-state index in [-0.39, 0.29) is 0 Å². The quantitative estimate of drug-likeness (QED) is 0.750. The van der Waals surface area contributed by atoms with Crippen LogP contribution in [0.25, 0.3) is 0 Å². The molecule has 0 spiro atoms. The lowest BCUT2D eigenvalue weighted by Gasteiger charge is -2.07. The first-order valence-corrected chi connectivity index (χ1v) is 3.47. The van der Waals surface area contributed by atoms with Crippen LogP contribution < -0.4 is 11.5 Å². The van der Waals surface area contributed by atoms with Crippen LogP contribution in [0.1, 0.15) is 22.3 Å². The van der Waals surface area contributed by atoms with Crippen LogP contribution in [-0.4, -0.2) is 10.9 Å². The van der Waals surface area contributed by atoms with Crippen molar-refractivity contribution in [2.45, 2.75) is 6.43 Å². The predicted molar refractivity (Wildman–Crippen MR) is 42.1 cm³/mol. The number of nitrogens with zero attached hydrogens (tertiary/aromatic N) is 1. The predicted octanol–water partition coefficient (Wildman–Crippen LogP) is 0.839. The number of alkyl halides is 2. The summed E-state index contributed by atoms with van der Waals surface area (Å²) in [7, 11) is 0. The summed E-state index contributed by atoms with van der Waals surface area (Å²) < 4.78 is 37.5. The minimum atomic E-state index is -3.03. The molecular formula is C7H6F3N3O.